The summed E-state index contributed by atoms with van der Waals surface area (Å²) in [6.45, 7) is 8.64. The Morgan fingerprint density at radius 3 is 2.42 bits per heavy atom. The molecule has 2 aliphatic heterocycles. The number of amides is 2. The van der Waals surface area contributed by atoms with Gasteiger partial charge in [0.05, 0.1) is 5.92 Å². The summed E-state index contributed by atoms with van der Waals surface area (Å²) in [4.78, 5) is 33.3. The number of hydrogen-bond acceptors (Lipinski definition) is 6. The number of benzene rings is 1. The van der Waals surface area contributed by atoms with Crippen LogP contribution in [0, 0.1) is 18.8 Å². The molecule has 40 heavy (non-hydrogen) atoms. The molecule has 1 aromatic rings. The number of piperidine rings is 2. The van der Waals surface area contributed by atoms with Crippen LogP contribution >= 0.6 is 0 Å². The van der Waals surface area contributed by atoms with Crippen LogP contribution in [0.25, 0.3) is 0 Å². The highest BCUT2D eigenvalue weighted by Crippen LogP contribution is 2.35. The average molecular weight is 555 g/mol. The van der Waals surface area contributed by atoms with Crippen molar-refractivity contribution >= 4 is 17.5 Å². The lowest BCUT2D eigenvalue weighted by Crippen LogP contribution is -2.51. The molecule has 5 atom stereocenters. The Hall–Kier alpha value is -2.16. The normalized spacial score (nSPS) is 31.4. The molecule has 2 saturated heterocycles. The Kier molecular flexibility index (Phi) is 10.2. The number of nitrogens with one attached hydrogen (secondary N) is 2. The van der Waals surface area contributed by atoms with Crippen LogP contribution in [-0.2, 0) is 4.79 Å². The Morgan fingerprint density at radius 1 is 1.10 bits per heavy atom. The zero-order valence-corrected chi connectivity index (χ0v) is 26.0. The maximum absolute atomic E-state index is 13.8. The van der Waals surface area contributed by atoms with E-state index in [0.29, 0.717) is 30.6 Å². The van der Waals surface area contributed by atoms with Gasteiger partial charge < -0.3 is 31.1 Å². The lowest BCUT2D eigenvalue weighted by atomic mass is 9.83. The number of likely N-dealkylation sites (N-methyl/N-ethyl adjacent to an activating group) is 1. The summed E-state index contributed by atoms with van der Waals surface area (Å²) in [6.07, 6.45) is 7.43. The van der Waals surface area contributed by atoms with Gasteiger partial charge in [-0.1, -0.05) is 6.92 Å². The van der Waals surface area contributed by atoms with Crippen LogP contribution in [0.4, 0.5) is 5.69 Å². The first kappa shape index (κ1) is 30.8. The second-order valence-corrected chi connectivity index (χ2v) is 13.4. The highest BCUT2D eigenvalue weighted by molar-refractivity contribution is 5.97. The van der Waals surface area contributed by atoms with Gasteiger partial charge in [-0.15, -0.1) is 0 Å². The largest absolute Gasteiger partial charge is 0.371 e. The molecule has 2 heterocycles. The van der Waals surface area contributed by atoms with Gasteiger partial charge in [0, 0.05) is 69.1 Å². The molecule has 1 saturated carbocycles. The lowest BCUT2D eigenvalue weighted by Gasteiger charge is -2.39. The molecule has 3 fully saturated rings. The van der Waals surface area contributed by atoms with Crippen LogP contribution < -0.4 is 21.3 Å². The maximum Gasteiger partial charge on any atom is 0.251 e. The van der Waals surface area contributed by atoms with Crippen LogP contribution in [0.5, 0.6) is 0 Å². The maximum atomic E-state index is 13.8. The molecule has 224 valence electrons. The second-order valence-electron chi connectivity index (χ2n) is 13.4. The SMILES string of the molecule is Cc1c(C(=O)NCC2C(=O)N(C)C(C)CC2C)cc(C2CCC(CN(C)C)NC2)cc1N(C)C1CCC(N)CC1. The standard InChI is InChI=1S/C32H54N6O2/c1-20-14-21(2)37(6)32(40)29(20)18-35-31(39)28-15-24(23-8-11-26(34-17-23)19-36(4)5)16-30(22(28)3)38(7)27-12-9-25(33)10-13-27/h15-16,20-21,23,25-27,29,34H,8-14,17-19,33H2,1-7H3,(H,35,39). The molecule has 1 aliphatic carbocycles. The van der Waals surface area contributed by atoms with Crippen LogP contribution in [-0.4, -0.2) is 93.6 Å². The van der Waals surface area contributed by atoms with Gasteiger partial charge in [0.2, 0.25) is 5.91 Å². The summed E-state index contributed by atoms with van der Waals surface area (Å²) in [7, 11) is 8.31. The summed E-state index contributed by atoms with van der Waals surface area (Å²) in [5, 5.41) is 6.93. The van der Waals surface area contributed by atoms with E-state index in [0.717, 1.165) is 74.8 Å². The minimum Gasteiger partial charge on any atom is -0.371 e. The van der Waals surface area contributed by atoms with Crippen molar-refractivity contribution in [2.45, 2.75) is 95.8 Å². The molecular formula is C32H54N6O2. The molecule has 4 N–H and O–H groups in total. The van der Waals surface area contributed by atoms with Crippen molar-refractivity contribution in [2.75, 3.05) is 52.7 Å². The monoisotopic (exact) mass is 554 g/mol. The number of nitrogens with zero attached hydrogens (tertiary/aromatic N) is 3. The molecule has 2 amide bonds. The predicted octanol–water partition coefficient (Wildman–Crippen LogP) is 3.33. The topological polar surface area (TPSA) is 93.9 Å². The van der Waals surface area contributed by atoms with Crippen LogP contribution in [0.3, 0.4) is 0 Å². The van der Waals surface area contributed by atoms with E-state index in [1.807, 2.05) is 11.9 Å². The van der Waals surface area contributed by atoms with Gasteiger partial charge in [-0.3, -0.25) is 9.59 Å². The minimum atomic E-state index is -0.182. The predicted molar refractivity (Wildman–Crippen MR) is 164 cm³/mol. The molecule has 3 aliphatic rings. The molecule has 0 spiro atoms. The zero-order chi connectivity index (χ0) is 29.1. The summed E-state index contributed by atoms with van der Waals surface area (Å²) >= 11 is 0. The lowest BCUT2D eigenvalue weighted by molar-refractivity contribution is -0.141. The van der Waals surface area contributed by atoms with Gasteiger partial charge in [0.1, 0.15) is 0 Å². The number of likely N-dealkylation sites (tertiary alicyclic amines) is 1. The number of carbonyl (C=O) groups is 2. The van der Waals surface area contributed by atoms with Crippen molar-refractivity contribution in [1.82, 2.24) is 20.4 Å². The van der Waals surface area contributed by atoms with E-state index in [-0.39, 0.29) is 29.7 Å². The van der Waals surface area contributed by atoms with E-state index in [4.69, 9.17) is 5.73 Å². The van der Waals surface area contributed by atoms with E-state index >= 15 is 0 Å². The van der Waals surface area contributed by atoms with Gasteiger partial charge in [-0.05, 0) is 108 Å². The molecule has 0 bridgehead atoms. The third-order valence-electron chi connectivity index (χ3n) is 10.1. The van der Waals surface area contributed by atoms with E-state index in [2.05, 4.69) is 74.5 Å². The van der Waals surface area contributed by atoms with Crippen molar-refractivity contribution in [3.8, 4) is 0 Å². The first-order valence-corrected chi connectivity index (χ1v) is 15.5. The molecule has 0 radical (unpaired) electrons. The highest BCUT2D eigenvalue weighted by Gasteiger charge is 2.36. The van der Waals surface area contributed by atoms with E-state index in [9.17, 15) is 9.59 Å². The number of anilines is 1. The fourth-order valence-electron chi connectivity index (χ4n) is 7.21. The Labute approximate surface area is 242 Å². The molecule has 1 aromatic carbocycles. The summed E-state index contributed by atoms with van der Waals surface area (Å²) in [5.41, 5.74) is 10.3. The zero-order valence-electron chi connectivity index (χ0n) is 26.0. The van der Waals surface area contributed by atoms with Gasteiger partial charge in [0.25, 0.3) is 5.91 Å². The molecule has 8 heteroatoms. The van der Waals surface area contributed by atoms with Crippen molar-refractivity contribution < 1.29 is 9.59 Å². The van der Waals surface area contributed by atoms with Crippen molar-refractivity contribution in [3.63, 3.8) is 0 Å². The second kappa shape index (κ2) is 13.2. The van der Waals surface area contributed by atoms with Crippen LogP contribution in [0.1, 0.15) is 86.2 Å². The number of carbonyl (C=O) groups excluding carboxylic acids is 2. The fraction of sp³-hybridized carbons (Fsp3) is 0.750. The Balaban J connectivity index is 1.57. The van der Waals surface area contributed by atoms with Crippen molar-refractivity contribution in [2.24, 2.45) is 17.6 Å². The van der Waals surface area contributed by atoms with Crippen molar-refractivity contribution in [1.29, 1.82) is 0 Å². The first-order chi connectivity index (χ1) is 19.0. The molecule has 8 nitrogen and oxygen atoms in total. The molecular weight excluding hydrogens is 500 g/mol. The van der Waals surface area contributed by atoms with Crippen LogP contribution in [0.2, 0.25) is 0 Å². The molecule has 0 aromatic heterocycles. The third-order valence-corrected chi connectivity index (χ3v) is 10.1. The smallest absolute Gasteiger partial charge is 0.251 e. The quantitative estimate of drug-likeness (QED) is 0.457. The third kappa shape index (κ3) is 7.00. The van der Waals surface area contributed by atoms with E-state index in [1.165, 1.54) is 5.56 Å². The molecule has 4 rings (SSSR count). The minimum absolute atomic E-state index is 0.0739. The summed E-state index contributed by atoms with van der Waals surface area (Å²) < 4.78 is 0. The van der Waals surface area contributed by atoms with E-state index in [1.54, 1.807) is 0 Å². The Bertz CT molecular complexity index is 1030. The van der Waals surface area contributed by atoms with E-state index < -0.39 is 0 Å². The number of nitrogens with two attached hydrogens (primary N) is 1. The van der Waals surface area contributed by atoms with Gasteiger partial charge >= 0.3 is 0 Å². The van der Waals surface area contributed by atoms with Gasteiger partial charge in [-0.25, -0.2) is 0 Å². The van der Waals surface area contributed by atoms with Crippen molar-refractivity contribution in [3.05, 3.63) is 28.8 Å². The van der Waals surface area contributed by atoms with Gasteiger partial charge in [0.15, 0.2) is 0 Å². The van der Waals surface area contributed by atoms with Gasteiger partial charge in [-0.2, -0.15) is 0 Å². The fourth-order valence-corrected chi connectivity index (χ4v) is 7.21. The number of hydrogen-bond donors (Lipinski definition) is 3. The summed E-state index contributed by atoms with van der Waals surface area (Å²) in [5.74, 6) is 0.490. The first-order valence-electron chi connectivity index (χ1n) is 15.5. The Morgan fingerprint density at radius 2 is 1.80 bits per heavy atom. The van der Waals surface area contributed by atoms with Crippen LogP contribution in [0.15, 0.2) is 12.1 Å². The summed E-state index contributed by atoms with van der Waals surface area (Å²) in [6, 6.07) is 5.93. The number of rotatable bonds is 8. The molecule has 5 unspecified atom stereocenters. The average Bonchev–Trinajstić information content (AvgIpc) is 2.92. The highest BCUT2D eigenvalue weighted by atomic mass is 16.2.